The lowest BCUT2D eigenvalue weighted by molar-refractivity contribution is 0.208. The van der Waals surface area contributed by atoms with Crippen LogP contribution in [0.2, 0.25) is 0 Å². The molecule has 25 heavy (non-hydrogen) atoms. The molecular formula is C22H25N3. The standard InChI is InChI=1S/C22H25N3/c1-17-4-6-18(7-5-17)15-25-12-2-3-22(16-25)24-21-9-8-20-14-23-11-10-19(20)13-21/h4-11,13-14,22,24H,2-3,12,15-16H2,1H3/t22-/m1/s1. The molecule has 1 N–H and O–H groups in total. The topological polar surface area (TPSA) is 28.2 Å². The SMILES string of the molecule is Cc1ccc(CN2CCC[C@@H](Nc3ccc4cnccc4c3)C2)cc1. The smallest absolute Gasteiger partial charge is 0.0389 e. The van der Waals surface area contributed by atoms with Crippen molar-refractivity contribution in [1.82, 2.24) is 9.88 Å². The zero-order valence-corrected chi connectivity index (χ0v) is 14.8. The van der Waals surface area contributed by atoms with Gasteiger partial charge in [-0.1, -0.05) is 35.9 Å². The minimum atomic E-state index is 0.512. The summed E-state index contributed by atoms with van der Waals surface area (Å²) in [6.07, 6.45) is 6.26. The first kappa shape index (κ1) is 16.1. The van der Waals surface area contributed by atoms with Crippen molar-refractivity contribution >= 4 is 16.5 Å². The second-order valence-electron chi connectivity index (χ2n) is 7.14. The van der Waals surface area contributed by atoms with Crippen LogP contribution < -0.4 is 5.32 Å². The molecule has 1 atom stereocenters. The van der Waals surface area contributed by atoms with Gasteiger partial charge in [0.15, 0.2) is 0 Å². The summed E-state index contributed by atoms with van der Waals surface area (Å²) in [6, 6.07) is 18.1. The molecule has 1 aromatic heterocycles. The summed E-state index contributed by atoms with van der Waals surface area (Å²) in [5.41, 5.74) is 3.94. The first-order valence-corrected chi connectivity index (χ1v) is 9.14. The summed E-state index contributed by atoms with van der Waals surface area (Å²) >= 11 is 0. The summed E-state index contributed by atoms with van der Waals surface area (Å²) < 4.78 is 0. The summed E-state index contributed by atoms with van der Waals surface area (Å²) in [4.78, 5) is 6.75. The molecule has 128 valence electrons. The van der Waals surface area contributed by atoms with E-state index in [1.165, 1.54) is 47.0 Å². The first-order chi connectivity index (χ1) is 12.3. The quantitative estimate of drug-likeness (QED) is 0.756. The number of likely N-dealkylation sites (tertiary alicyclic amines) is 1. The van der Waals surface area contributed by atoms with E-state index in [2.05, 4.69) is 70.7 Å². The number of hydrogen-bond acceptors (Lipinski definition) is 3. The Morgan fingerprint density at radius 3 is 2.84 bits per heavy atom. The Morgan fingerprint density at radius 1 is 1.08 bits per heavy atom. The highest BCUT2D eigenvalue weighted by molar-refractivity contribution is 5.84. The molecule has 1 aliphatic heterocycles. The average Bonchev–Trinajstić information content (AvgIpc) is 2.64. The van der Waals surface area contributed by atoms with Gasteiger partial charge >= 0.3 is 0 Å². The van der Waals surface area contributed by atoms with E-state index in [9.17, 15) is 0 Å². The van der Waals surface area contributed by atoms with E-state index in [1.54, 1.807) is 0 Å². The lowest BCUT2D eigenvalue weighted by atomic mass is 10.0. The molecule has 0 radical (unpaired) electrons. The van der Waals surface area contributed by atoms with Crippen molar-refractivity contribution in [2.24, 2.45) is 0 Å². The summed E-state index contributed by atoms with van der Waals surface area (Å²) in [5.74, 6) is 0. The molecule has 3 aromatic rings. The molecule has 2 heterocycles. The zero-order chi connectivity index (χ0) is 17.1. The van der Waals surface area contributed by atoms with E-state index >= 15 is 0 Å². The first-order valence-electron chi connectivity index (χ1n) is 9.14. The molecule has 2 aromatic carbocycles. The van der Waals surface area contributed by atoms with Crippen LogP contribution in [0, 0.1) is 6.92 Å². The van der Waals surface area contributed by atoms with Crippen molar-refractivity contribution in [2.75, 3.05) is 18.4 Å². The Kier molecular flexibility index (Phi) is 4.66. The van der Waals surface area contributed by atoms with E-state index in [4.69, 9.17) is 0 Å². The Morgan fingerprint density at radius 2 is 1.96 bits per heavy atom. The lowest BCUT2D eigenvalue weighted by Crippen LogP contribution is -2.41. The van der Waals surface area contributed by atoms with Crippen molar-refractivity contribution in [1.29, 1.82) is 0 Å². The Hall–Kier alpha value is -2.39. The fourth-order valence-corrected chi connectivity index (χ4v) is 3.68. The van der Waals surface area contributed by atoms with Crippen molar-refractivity contribution < 1.29 is 0 Å². The van der Waals surface area contributed by atoms with Gasteiger partial charge in [0, 0.05) is 42.6 Å². The van der Waals surface area contributed by atoms with Crippen molar-refractivity contribution in [3.05, 3.63) is 72.1 Å². The second kappa shape index (κ2) is 7.24. The normalized spacial score (nSPS) is 18.4. The van der Waals surface area contributed by atoms with Crippen LogP contribution in [0.15, 0.2) is 60.9 Å². The zero-order valence-electron chi connectivity index (χ0n) is 14.8. The Labute approximate surface area is 149 Å². The number of anilines is 1. The Bertz CT molecular complexity index is 841. The predicted octanol–water partition coefficient (Wildman–Crippen LogP) is 4.62. The Balaban J connectivity index is 1.41. The maximum atomic E-state index is 4.19. The predicted molar refractivity (Wildman–Crippen MR) is 105 cm³/mol. The molecule has 0 spiro atoms. The second-order valence-corrected chi connectivity index (χ2v) is 7.14. The van der Waals surface area contributed by atoms with Crippen LogP contribution in [0.25, 0.3) is 10.8 Å². The number of benzene rings is 2. The molecule has 0 unspecified atom stereocenters. The monoisotopic (exact) mass is 331 g/mol. The van der Waals surface area contributed by atoms with Crippen LogP contribution in [0.4, 0.5) is 5.69 Å². The fourth-order valence-electron chi connectivity index (χ4n) is 3.68. The number of rotatable bonds is 4. The number of nitrogens with one attached hydrogen (secondary N) is 1. The van der Waals surface area contributed by atoms with E-state index < -0.39 is 0 Å². The number of fused-ring (bicyclic) bond motifs is 1. The molecule has 1 fully saturated rings. The van der Waals surface area contributed by atoms with E-state index in [1.807, 2.05) is 12.4 Å². The number of aryl methyl sites for hydroxylation is 1. The van der Waals surface area contributed by atoms with Gasteiger partial charge in [-0.3, -0.25) is 9.88 Å². The van der Waals surface area contributed by atoms with Gasteiger partial charge in [0.25, 0.3) is 0 Å². The van der Waals surface area contributed by atoms with Crippen LogP contribution in [-0.4, -0.2) is 29.0 Å². The number of aromatic nitrogens is 1. The van der Waals surface area contributed by atoms with Gasteiger partial charge in [0.1, 0.15) is 0 Å². The molecule has 0 saturated carbocycles. The maximum Gasteiger partial charge on any atom is 0.0389 e. The number of piperidine rings is 1. The van der Waals surface area contributed by atoms with E-state index in [0.717, 1.165) is 13.1 Å². The largest absolute Gasteiger partial charge is 0.381 e. The molecule has 0 aliphatic carbocycles. The lowest BCUT2D eigenvalue weighted by Gasteiger charge is -2.33. The third-order valence-electron chi connectivity index (χ3n) is 5.04. The molecular weight excluding hydrogens is 306 g/mol. The van der Waals surface area contributed by atoms with Gasteiger partial charge in [0.2, 0.25) is 0 Å². The van der Waals surface area contributed by atoms with Gasteiger partial charge in [-0.2, -0.15) is 0 Å². The van der Waals surface area contributed by atoms with Gasteiger partial charge in [0.05, 0.1) is 0 Å². The molecule has 1 saturated heterocycles. The van der Waals surface area contributed by atoms with Gasteiger partial charge in [-0.15, -0.1) is 0 Å². The van der Waals surface area contributed by atoms with Gasteiger partial charge in [-0.25, -0.2) is 0 Å². The van der Waals surface area contributed by atoms with Crippen LogP contribution in [-0.2, 0) is 6.54 Å². The highest BCUT2D eigenvalue weighted by Gasteiger charge is 2.19. The van der Waals surface area contributed by atoms with Crippen LogP contribution in [0.3, 0.4) is 0 Å². The maximum absolute atomic E-state index is 4.19. The molecule has 0 bridgehead atoms. The third kappa shape index (κ3) is 3.99. The van der Waals surface area contributed by atoms with Crippen molar-refractivity contribution in [2.45, 2.75) is 32.4 Å². The van der Waals surface area contributed by atoms with Crippen LogP contribution in [0.1, 0.15) is 24.0 Å². The number of nitrogens with zero attached hydrogens (tertiary/aromatic N) is 2. The number of hydrogen-bond donors (Lipinski definition) is 1. The minimum Gasteiger partial charge on any atom is -0.381 e. The highest BCUT2D eigenvalue weighted by atomic mass is 15.2. The molecule has 3 nitrogen and oxygen atoms in total. The number of pyridine rings is 1. The van der Waals surface area contributed by atoms with Crippen molar-refractivity contribution in [3.63, 3.8) is 0 Å². The molecule has 4 rings (SSSR count). The molecule has 3 heteroatoms. The highest BCUT2D eigenvalue weighted by Crippen LogP contribution is 2.22. The van der Waals surface area contributed by atoms with Crippen LogP contribution in [0.5, 0.6) is 0 Å². The minimum absolute atomic E-state index is 0.512. The van der Waals surface area contributed by atoms with Crippen LogP contribution >= 0.6 is 0 Å². The summed E-state index contributed by atoms with van der Waals surface area (Å²) in [5, 5.41) is 6.17. The van der Waals surface area contributed by atoms with Gasteiger partial charge in [-0.05, 0) is 55.5 Å². The summed E-state index contributed by atoms with van der Waals surface area (Å²) in [6.45, 7) is 5.48. The fraction of sp³-hybridized carbons (Fsp3) is 0.318. The van der Waals surface area contributed by atoms with E-state index in [-0.39, 0.29) is 0 Å². The molecule has 0 amide bonds. The van der Waals surface area contributed by atoms with Crippen molar-refractivity contribution in [3.8, 4) is 0 Å². The average molecular weight is 331 g/mol. The van der Waals surface area contributed by atoms with Gasteiger partial charge < -0.3 is 5.32 Å². The third-order valence-corrected chi connectivity index (χ3v) is 5.04. The summed E-state index contributed by atoms with van der Waals surface area (Å²) in [7, 11) is 0. The van der Waals surface area contributed by atoms with E-state index in [0.29, 0.717) is 6.04 Å². The molecule has 1 aliphatic rings.